The van der Waals surface area contributed by atoms with Crippen LogP contribution in [-0.4, -0.2) is 35.8 Å². The van der Waals surface area contributed by atoms with Crippen molar-refractivity contribution in [3.05, 3.63) is 60.2 Å². The third-order valence-electron chi connectivity index (χ3n) is 5.62. The van der Waals surface area contributed by atoms with Gasteiger partial charge in [0.25, 0.3) is 6.47 Å². The number of hydrogen-bond acceptors (Lipinski definition) is 4. The molecule has 1 aliphatic rings. The van der Waals surface area contributed by atoms with Gasteiger partial charge in [-0.15, -0.1) is 0 Å². The summed E-state index contributed by atoms with van der Waals surface area (Å²) >= 11 is 0. The van der Waals surface area contributed by atoms with Crippen LogP contribution >= 0.6 is 0 Å². The third-order valence-corrected chi connectivity index (χ3v) is 5.62. The van der Waals surface area contributed by atoms with Gasteiger partial charge in [-0.2, -0.15) is 0 Å². The predicted octanol–water partition coefficient (Wildman–Crippen LogP) is 8.11. The molecule has 5 heteroatoms. The summed E-state index contributed by atoms with van der Waals surface area (Å²) in [7, 11) is 0. The smallest absolute Gasteiger partial charge is 0.293 e. The van der Waals surface area contributed by atoms with Gasteiger partial charge in [0.05, 0.1) is 6.61 Å². The molecule has 0 N–H and O–H groups in total. The van der Waals surface area contributed by atoms with Crippen molar-refractivity contribution in [1.29, 1.82) is 0 Å². The van der Waals surface area contributed by atoms with Crippen LogP contribution in [0, 0.1) is 11.3 Å². The lowest BCUT2D eigenvalue weighted by atomic mass is 9.89. The Kier molecular flexibility index (Phi) is 17.7. The van der Waals surface area contributed by atoms with E-state index in [4.69, 9.17) is 0 Å². The molecule has 38 heavy (non-hydrogen) atoms. The van der Waals surface area contributed by atoms with Gasteiger partial charge in [-0.25, -0.2) is 0 Å². The van der Waals surface area contributed by atoms with Crippen molar-refractivity contribution in [1.82, 2.24) is 4.90 Å². The summed E-state index contributed by atoms with van der Waals surface area (Å²) in [5.74, 6) is 0.165. The summed E-state index contributed by atoms with van der Waals surface area (Å²) in [6.45, 7) is 19.0. The minimum Gasteiger partial charge on any atom is -0.468 e. The molecule has 0 aliphatic carbocycles. The number of carbonyl (C=O) groups is 3. The Bertz CT molecular complexity index is 914. The summed E-state index contributed by atoms with van der Waals surface area (Å²) < 4.78 is 4.15. The van der Waals surface area contributed by atoms with Gasteiger partial charge in [0.15, 0.2) is 0 Å². The molecule has 0 spiro atoms. The standard InChI is InChI=1S/C24H29NO2.C3H6O2.2C3H8/c1-17(21-14-15-22(26)25(21)23(27)24(2,3)4)16-18-10-12-20(13-11-18)19-8-6-5-7-9-19;1-2-5-3-4;2*1-3-2/h5-13,17,21H,14-16H2,1-4H3;3H,2H2,1H3;2*3H2,1-2H3. The Labute approximate surface area is 232 Å². The van der Waals surface area contributed by atoms with Gasteiger partial charge in [-0.3, -0.25) is 19.3 Å². The number of hydrogen-bond donors (Lipinski definition) is 0. The fourth-order valence-electron chi connectivity index (χ4n) is 3.91. The second-order valence-electron chi connectivity index (χ2n) is 10.6. The summed E-state index contributed by atoms with van der Waals surface area (Å²) in [6.07, 6.45) is 4.61. The van der Waals surface area contributed by atoms with E-state index in [1.165, 1.54) is 29.5 Å². The summed E-state index contributed by atoms with van der Waals surface area (Å²) in [4.78, 5) is 35.8. The van der Waals surface area contributed by atoms with E-state index in [1.807, 2.05) is 39.0 Å². The van der Waals surface area contributed by atoms with E-state index < -0.39 is 5.41 Å². The van der Waals surface area contributed by atoms with E-state index in [0.717, 1.165) is 12.8 Å². The number of ether oxygens (including phenoxy) is 1. The molecule has 3 rings (SSSR count). The second kappa shape index (κ2) is 19.2. The topological polar surface area (TPSA) is 63.7 Å². The Morgan fingerprint density at radius 3 is 1.87 bits per heavy atom. The Morgan fingerprint density at radius 1 is 0.947 bits per heavy atom. The zero-order valence-corrected chi connectivity index (χ0v) is 25.3. The van der Waals surface area contributed by atoms with Crippen molar-refractivity contribution in [2.75, 3.05) is 6.61 Å². The molecule has 212 valence electrons. The zero-order valence-electron chi connectivity index (χ0n) is 25.3. The summed E-state index contributed by atoms with van der Waals surface area (Å²) in [5, 5.41) is 0. The van der Waals surface area contributed by atoms with Crippen molar-refractivity contribution < 1.29 is 19.1 Å². The molecule has 1 saturated heterocycles. The van der Waals surface area contributed by atoms with Gasteiger partial charge in [0, 0.05) is 17.9 Å². The molecule has 0 bridgehead atoms. The number of likely N-dealkylation sites (tertiary alicyclic amines) is 1. The number of nitrogens with zero attached hydrogens (tertiary/aromatic N) is 1. The Balaban J connectivity index is 0.00000106. The van der Waals surface area contributed by atoms with E-state index in [0.29, 0.717) is 19.5 Å². The third kappa shape index (κ3) is 12.5. The van der Waals surface area contributed by atoms with Gasteiger partial charge >= 0.3 is 0 Å². The molecule has 0 aromatic heterocycles. The van der Waals surface area contributed by atoms with E-state index in [1.54, 1.807) is 11.8 Å². The lowest BCUT2D eigenvalue weighted by Crippen LogP contribution is -2.47. The fourth-order valence-corrected chi connectivity index (χ4v) is 3.91. The van der Waals surface area contributed by atoms with Crippen LogP contribution in [0.1, 0.15) is 93.6 Å². The molecule has 2 aromatic carbocycles. The average molecular weight is 526 g/mol. The molecule has 2 atom stereocenters. The van der Waals surface area contributed by atoms with Crippen molar-refractivity contribution in [2.24, 2.45) is 11.3 Å². The molecule has 0 radical (unpaired) electrons. The van der Waals surface area contributed by atoms with Crippen molar-refractivity contribution in [2.45, 2.75) is 100 Å². The maximum atomic E-state index is 12.8. The lowest BCUT2D eigenvalue weighted by molar-refractivity contribution is -0.150. The number of carbonyl (C=O) groups excluding carboxylic acids is 3. The number of amides is 2. The summed E-state index contributed by atoms with van der Waals surface area (Å²) in [5.41, 5.74) is 3.12. The SMILES string of the molecule is CC(Cc1ccc(-c2ccccc2)cc1)C1CCC(=O)N1C(=O)C(C)(C)C.CCC.CCC.CCOC=O. The highest BCUT2D eigenvalue weighted by Crippen LogP contribution is 2.32. The molecule has 1 heterocycles. The molecule has 1 fully saturated rings. The first-order chi connectivity index (χ1) is 18.0. The van der Waals surface area contributed by atoms with Crippen LogP contribution in [-0.2, 0) is 25.5 Å². The van der Waals surface area contributed by atoms with Crippen LogP contribution in [0.2, 0.25) is 0 Å². The Morgan fingerprint density at radius 2 is 1.45 bits per heavy atom. The van der Waals surface area contributed by atoms with E-state index in [2.05, 4.69) is 75.8 Å². The molecular weight excluding hydrogens is 474 g/mol. The predicted molar refractivity (Wildman–Crippen MR) is 159 cm³/mol. The van der Waals surface area contributed by atoms with Gasteiger partial charge in [0.2, 0.25) is 11.8 Å². The minimum atomic E-state index is -0.532. The fraction of sp³-hybridized carbons (Fsp3) is 0.545. The number of benzene rings is 2. The van der Waals surface area contributed by atoms with Gasteiger partial charge in [-0.05, 0) is 42.4 Å². The molecule has 1 aliphatic heterocycles. The van der Waals surface area contributed by atoms with Crippen molar-refractivity contribution in [3.63, 3.8) is 0 Å². The molecule has 5 nitrogen and oxygen atoms in total. The van der Waals surface area contributed by atoms with E-state index in [-0.39, 0.29) is 23.8 Å². The molecule has 0 saturated carbocycles. The van der Waals surface area contributed by atoms with Crippen molar-refractivity contribution in [3.8, 4) is 11.1 Å². The summed E-state index contributed by atoms with van der Waals surface area (Å²) in [6, 6.07) is 18.9. The Hall–Kier alpha value is -2.95. The van der Waals surface area contributed by atoms with Crippen molar-refractivity contribution >= 4 is 18.3 Å². The highest BCUT2D eigenvalue weighted by Gasteiger charge is 2.42. The zero-order chi connectivity index (χ0) is 29.1. The molecule has 2 amide bonds. The van der Waals surface area contributed by atoms with E-state index in [9.17, 15) is 14.4 Å². The first-order valence-electron chi connectivity index (χ1n) is 14.1. The molecule has 2 unspecified atom stereocenters. The number of rotatable bonds is 6. The van der Waals surface area contributed by atoms with Gasteiger partial charge in [0.1, 0.15) is 0 Å². The minimum absolute atomic E-state index is 0.00183. The first-order valence-corrected chi connectivity index (χ1v) is 14.1. The maximum Gasteiger partial charge on any atom is 0.293 e. The monoisotopic (exact) mass is 525 g/mol. The quantitative estimate of drug-likeness (QED) is 0.357. The highest BCUT2D eigenvalue weighted by atomic mass is 16.5. The second-order valence-corrected chi connectivity index (χ2v) is 10.6. The number of imide groups is 1. The lowest BCUT2D eigenvalue weighted by Gasteiger charge is -2.32. The van der Waals surface area contributed by atoms with Crippen LogP contribution in [0.15, 0.2) is 54.6 Å². The largest absolute Gasteiger partial charge is 0.468 e. The van der Waals surface area contributed by atoms with Gasteiger partial charge in [-0.1, -0.05) is 123 Å². The van der Waals surface area contributed by atoms with Crippen LogP contribution in [0.3, 0.4) is 0 Å². The van der Waals surface area contributed by atoms with Crippen LogP contribution in [0.5, 0.6) is 0 Å². The van der Waals surface area contributed by atoms with Crippen LogP contribution in [0.25, 0.3) is 11.1 Å². The highest BCUT2D eigenvalue weighted by molar-refractivity contribution is 5.99. The first kappa shape index (κ1) is 35.0. The molecule has 2 aromatic rings. The average Bonchev–Trinajstić information content (AvgIpc) is 3.27. The van der Waals surface area contributed by atoms with E-state index >= 15 is 0 Å². The van der Waals surface area contributed by atoms with Crippen LogP contribution in [0.4, 0.5) is 0 Å². The van der Waals surface area contributed by atoms with Crippen LogP contribution < -0.4 is 0 Å². The maximum absolute atomic E-state index is 12.8. The molecular formula is C33H51NO4. The normalized spacial score (nSPS) is 15.0. The van der Waals surface area contributed by atoms with Gasteiger partial charge < -0.3 is 4.74 Å².